The van der Waals surface area contributed by atoms with E-state index in [0.717, 1.165) is 34.3 Å². The van der Waals surface area contributed by atoms with Crippen molar-refractivity contribution in [2.45, 2.75) is 20.8 Å². The fraction of sp³-hybridized carbons (Fsp3) is 0.421. The van der Waals surface area contributed by atoms with Crippen LogP contribution in [0.3, 0.4) is 0 Å². The van der Waals surface area contributed by atoms with Gasteiger partial charge in [-0.1, -0.05) is 6.08 Å². The molecule has 26 heavy (non-hydrogen) atoms. The van der Waals surface area contributed by atoms with Crippen molar-refractivity contribution in [3.63, 3.8) is 0 Å². The first-order valence-electron chi connectivity index (χ1n) is 8.72. The quantitative estimate of drug-likeness (QED) is 0.791. The number of rotatable bonds is 6. The van der Waals surface area contributed by atoms with Crippen molar-refractivity contribution in [3.8, 4) is 0 Å². The van der Waals surface area contributed by atoms with Crippen LogP contribution in [-0.2, 0) is 9.59 Å². The third-order valence-corrected chi connectivity index (χ3v) is 4.64. The Labute approximate surface area is 154 Å². The average Bonchev–Trinajstić information content (AvgIpc) is 2.66. The molecular formula is C19H26N4O3. The molecule has 0 unspecified atom stereocenters. The second kappa shape index (κ2) is 8.03. The number of nitrogens with zero attached hydrogens (tertiary/aromatic N) is 3. The first kappa shape index (κ1) is 19.5. The van der Waals surface area contributed by atoms with Crippen LogP contribution in [0.2, 0.25) is 0 Å². The molecule has 1 aromatic rings. The molecule has 0 saturated carbocycles. The molecule has 1 heterocycles. The van der Waals surface area contributed by atoms with E-state index < -0.39 is 23.8 Å². The van der Waals surface area contributed by atoms with E-state index in [1.807, 2.05) is 24.3 Å². The molecule has 1 N–H and O–H groups in total. The number of benzene rings is 1. The lowest BCUT2D eigenvalue weighted by atomic mass is 9.99. The molecule has 7 heteroatoms. The number of urea groups is 1. The normalized spacial score (nSPS) is 16.3. The molecule has 1 aliphatic heterocycles. The zero-order chi connectivity index (χ0) is 19.4. The monoisotopic (exact) mass is 358 g/mol. The van der Waals surface area contributed by atoms with Crippen LogP contribution >= 0.6 is 0 Å². The molecule has 0 spiro atoms. The zero-order valence-electron chi connectivity index (χ0n) is 15.9. The fourth-order valence-electron chi connectivity index (χ4n) is 2.99. The summed E-state index contributed by atoms with van der Waals surface area (Å²) in [6.07, 6.45) is 1.69. The predicted octanol–water partition coefficient (Wildman–Crippen LogP) is 2.52. The van der Waals surface area contributed by atoms with Gasteiger partial charge in [0.25, 0.3) is 0 Å². The number of barbiturate groups is 1. The van der Waals surface area contributed by atoms with Crippen LogP contribution in [-0.4, -0.2) is 54.8 Å². The molecule has 0 bridgehead atoms. The SMILES string of the molecule is C/C=C(/Nc1ccc(N(CC)CC)cc1)C1C(=O)N(C)C(=O)N(C)C1=O. The van der Waals surface area contributed by atoms with E-state index in [1.165, 1.54) is 14.1 Å². The molecular weight excluding hydrogens is 332 g/mol. The van der Waals surface area contributed by atoms with Gasteiger partial charge in [0.2, 0.25) is 11.8 Å². The van der Waals surface area contributed by atoms with E-state index in [1.54, 1.807) is 13.0 Å². The zero-order valence-corrected chi connectivity index (χ0v) is 15.9. The number of amides is 4. The van der Waals surface area contributed by atoms with Crippen LogP contribution in [0.15, 0.2) is 36.0 Å². The summed E-state index contributed by atoms with van der Waals surface area (Å²) in [5.74, 6) is -2.10. The van der Waals surface area contributed by atoms with E-state index in [-0.39, 0.29) is 0 Å². The number of hydrogen-bond donors (Lipinski definition) is 1. The molecule has 0 atom stereocenters. The van der Waals surface area contributed by atoms with Crippen molar-refractivity contribution >= 4 is 29.2 Å². The van der Waals surface area contributed by atoms with Crippen LogP contribution in [0.4, 0.5) is 16.2 Å². The van der Waals surface area contributed by atoms with E-state index in [9.17, 15) is 14.4 Å². The largest absolute Gasteiger partial charge is 0.372 e. The average molecular weight is 358 g/mol. The minimum Gasteiger partial charge on any atom is -0.372 e. The highest BCUT2D eigenvalue weighted by molar-refractivity contribution is 6.17. The molecule has 7 nitrogen and oxygen atoms in total. The Morgan fingerprint density at radius 3 is 1.96 bits per heavy atom. The summed E-state index contributed by atoms with van der Waals surface area (Å²) in [7, 11) is 2.76. The molecule has 0 aliphatic carbocycles. The van der Waals surface area contributed by atoms with Gasteiger partial charge in [0.15, 0.2) is 5.92 Å². The summed E-state index contributed by atoms with van der Waals surface area (Å²) < 4.78 is 0. The lowest BCUT2D eigenvalue weighted by Crippen LogP contribution is -2.57. The Bertz CT molecular complexity index is 699. The fourth-order valence-corrected chi connectivity index (χ4v) is 2.99. The van der Waals surface area contributed by atoms with Gasteiger partial charge in [-0.15, -0.1) is 0 Å². The molecule has 140 valence electrons. The van der Waals surface area contributed by atoms with Crippen LogP contribution in [0.1, 0.15) is 20.8 Å². The van der Waals surface area contributed by atoms with Crippen molar-refractivity contribution in [1.82, 2.24) is 9.80 Å². The summed E-state index contributed by atoms with van der Waals surface area (Å²) in [4.78, 5) is 41.0. The predicted molar refractivity (Wildman–Crippen MR) is 102 cm³/mol. The number of anilines is 2. The van der Waals surface area contributed by atoms with Crippen LogP contribution < -0.4 is 10.2 Å². The van der Waals surface area contributed by atoms with Gasteiger partial charge >= 0.3 is 6.03 Å². The molecule has 1 aliphatic rings. The number of imide groups is 2. The summed E-state index contributed by atoms with van der Waals surface area (Å²) in [6, 6.07) is 7.19. The van der Waals surface area contributed by atoms with Crippen molar-refractivity contribution in [2.75, 3.05) is 37.4 Å². The standard InChI is InChI=1S/C19H26N4O3/c1-6-15(16-17(24)21(4)19(26)22(5)18(16)25)20-13-9-11-14(12-10-13)23(7-2)8-3/h6,9-12,16,20H,7-8H2,1-5H3/b15-6+. The Hall–Kier alpha value is -2.83. The van der Waals surface area contributed by atoms with Gasteiger partial charge in [-0.05, 0) is 45.0 Å². The second-order valence-electron chi connectivity index (χ2n) is 6.10. The van der Waals surface area contributed by atoms with E-state index >= 15 is 0 Å². The Morgan fingerprint density at radius 2 is 1.54 bits per heavy atom. The summed E-state index contributed by atoms with van der Waals surface area (Å²) in [5, 5.41) is 3.15. The number of allylic oxidation sites excluding steroid dienone is 1. The van der Waals surface area contributed by atoms with Crippen molar-refractivity contribution in [1.29, 1.82) is 0 Å². The highest BCUT2D eigenvalue weighted by atomic mass is 16.2. The molecule has 1 aromatic carbocycles. The minimum atomic E-state index is -1.05. The Kier molecular flexibility index (Phi) is 6.02. The van der Waals surface area contributed by atoms with Gasteiger partial charge in [0, 0.05) is 44.3 Å². The topological polar surface area (TPSA) is 73.0 Å². The van der Waals surface area contributed by atoms with Crippen molar-refractivity contribution < 1.29 is 14.4 Å². The molecule has 2 rings (SSSR count). The Balaban J connectivity index is 2.23. The highest BCUT2D eigenvalue weighted by Crippen LogP contribution is 2.25. The lowest BCUT2D eigenvalue weighted by molar-refractivity contribution is -0.145. The van der Waals surface area contributed by atoms with Gasteiger partial charge in [-0.25, -0.2) is 4.79 Å². The maximum Gasteiger partial charge on any atom is 0.332 e. The van der Waals surface area contributed by atoms with Crippen LogP contribution in [0.5, 0.6) is 0 Å². The summed E-state index contributed by atoms with van der Waals surface area (Å²) in [6.45, 7) is 7.79. The van der Waals surface area contributed by atoms with Gasteiger partial charge in [0.05, 0.1) is 0 Å². The number of carbonyl (C=O) groups excluding carboxylic acids is 3. The molecule has 1 saturated heterocycles. The molecule has 4 amide bonds. The maximum absolute atomic E-state index is 12.5. The third kappa shape index (κ3) is 3.56. The first-order valence-corrected chi connectivity index (χ1v) is 8.72. The number of hydrogen-bond acceptors (Lipinski definition) is 5. The molecule has 0 aromatic heterocycles. The Morgan fingerprint density at radius 1 is 1.04 bits per heavy atom. The summed E-state index contributed by atoms with van der Waals surface area (Å²) in [5.41, 5.74) is 2.34. The van der Waals surface area contributed by atoms with Crippen LogP contribution in [0.25, 0.3) is 0 Å². The summed E-state index contributed by atoms with van der Waals surface area (Å²) >= 11 is 0. The smallest absolute Gasteiger partial charge is 0.332 e. The maximum atomic E-state index is 12.5. The molecule has 1 fully saturated rings. The minimum absolute atomic E-state index is 0.460. The highest BCUT2D eigenvalue weighted by Gasteiger charge is 2.44. The van der Waals surface area contributed by atoms with Crippen molar-refractivity contribution in [2.24, 2.45) is 5.92 Å². The van der Waals surface area contributed by atoms with Gasteiger partial charge < -0.3 is 10.2 Å². The number of nitrogens with one attached hydrogen (secondary N) is 1. The van der Waals surface area contributed by atoms with Gasteiger partial charge in [0.1, 0.15) is 0 Å². The second-order valence-corrected chi connectivity index (χ2v) is 6.10. The first-order chi connectivity index (χ1) is 12.3. The third-order valence-electron chi connectivity index (χ3n) is 4.64. The van der Waals surface area contributed by atoms with E-state index in [4.69, 9.17) is 0 Å². The van der Waals surface area contributed by atoms with Gasteiger partial charge in [-0.3, -0.25) is 19.4 Å². The van der Waals surface area contributed by atoms with Gasteiger partial charge in [-0.2, -0.15) is 0 Å². The molecule has 0 radical (unpaired) electrons. The lowest BCUT2D eigenvalue weighted by Gasteiger charge is -2.34. The van der Waals surface area contributed by atoms with E-state index in [2.05, 4.69) is 24.1 Å². The van der Waals surface area contributed by atoms with Crippen LogP contribution in [0, 0.1) is 5.92 Å². The van der Waals surface area contributed by atoms with Crippen molar-refractivity contribution in [3.05, 3.63) is 36.0 Å². The number of carbonyl (C=O) groups is 3. The van der Waals surface area contributed by atoms with E-state index in [0.29, 0.717) is 5.70 Å².